The first-order valence-corrected chi connectivity index (χ1v) is 9.56. The van der Waals surface area contributed by atoms with Gasteiger partial charge in [0.1, 0.15) is 0 Å². The third kappa shape index (κ3) is 5.76. The van der Waals surface area contributed by atoms with E-state index >= 15 is 0 Å². The van der Waals surface area contributed by atoms with E-state index in [1.54, 1.807) is 54.6 Å². The summed E-state index contributed by atoms with van der Waals surface area (Å²) in [4.78, 5) is 26.1. The zero-order valence-electron chi connectivity index (χ0n) is 15.8. The maximum Gasteiger partial charge on any atom is 0.471 e. The molecule has 0 saturated carbocycles. The van der Waals surface area contributed by atoms with Gasteiger partial charge < -0.3 is 15.1 Å². The highest BCUT2D eigenvalue weighted by molar-refractivity contribution is 6.30. The topological polar surface area (TPSA) is 52.7 Å². The van der Waals surface area contributed by atoms with Gasteiger partial charge in [-0.15, -0.1) is 0 Å². The second kappa shape index (κ2) is 9.21. The number of rotatable bonds is 4. The number of benzene rings is 2. The van der Waals surface area contributed by atoms with E-state index in [1.807, 2.05) is 4.90 Å². The first kappa shape index (κ1) is 21.7. The Hall–Kier alpha value is -3.00. The van der Waals surface area contributed by atoms with Crippen molar-refractivity contribution in [3.8, 4) is 0 Å². The van der Waals surface area contributed by atoms with Gasteiger partial charge in [0.15, 0.2) is 0 Å². The number of carbonyl (C=O) groups is 2. The van der Waals surface area contributed by atoms with Crippen LogP contribution in [0.2, 0.25) is 5.02 Å². The van der Waals surface area contributed by atoms with Crippen LogP contribution in [-0.2, 0) is 9.59 Å². The lowest BCUT2D eigenvalue weighted by molar-refractivity contribution is -0.185. The van der Waals surface area contributed by atoms with E-state index in [9.17, 15) is 22.8 Å². The highest BCUT2D eigenvalue weighted by Gasteiger charge is 2.43. The molecule has 0 spiro atoms. The van der Waals surface area contributed by atoms with E-state index in [2.05, 4.69) is 5.32 Å². The van der Waals surface area contributed by atoms with Crippen molar-refractivity contribution in [1.29, 1.82) is 0 Å². The van der Waals surface area contributed by atoms with Crippen molar-refractivity contribution >= 4 is 40.9 Å². The largest absolute Gasteiger partial charge is 0.471 e. The van der Waals surface area contributed by atoms with E-state index in [4.69, 9.17) is 11.6 Å². The maximum absolute atomic E-state index is 12.5. The average molecular weight is 438 g/mol. The number of carbonyl (C=O) groups excluding carboxylic acids is 2. The van der Waals surface area contributed by atoms with E-state index in [-0.39, 0.29) is 19.0 Å². The van der Waals surface area contributed by atoms with Gasteiger partial charge in [-0.25, -0.2) is 0 Å². The molecule has 0 atom stereocenters. The number of anilines is 2. The molecule has 30 heavy (non-hydrogen) atoms. The van der Waals surface area contributed by atoms with Crippen molar-refractivity contribution in [3.63, 3.8) is 0 Å². The molecule has 1 aliphatic heterocycles. The molecule has 3 rings (SSSR count). The summed E-state index contributed by atoms with van der Waals surface area (Å²) in [5.41, 5.74) is 2.24. The van der Waals surface area contributed by atoms with Crippen molar-refractivity contribution in [3.05, 3.63) is 65.2 Å². The number of alkyl halides is 3. The Kier molecular flexibility index (Phi) is 6.66. The normalized spacial score (nSPS) is 14.8. The minimum atomic E-state index is -4.84. The summed E-state index contributed by atoms with van der Waals surface area (Å²) in [6, 6.07) is 14.0. The third-order valence-electron chi connectivity index (χ3n) is 4.61. The molecule has 1 N–H and O–H groups in total. The van der Waals surface area contributed by atoms with Gasteiger partial charge in [-0.3, -0.25) is 9.59 Å². The van der Waals surface area contributed by atoms with Crippen molar-refractivity contribution in [2.24, 2.45) is 0 Å². The zero-order chi connectivity index (χ0) is 21.7. The van der Waals surface area contributed by atoms with Crippen LogP contribution in [0.3, 0.4) is 0 Å². The fourth-order valence-electron chi connectivity index (χ4n) is 3.03. The number of piperazine rings is 1. The second-order valence-electron chi connectivity index (χ2n) is 6.70. The average Bonchev–Trinajstić information content (AvgIpc) is 2.73. The molecule has 0 radical (unpaired) electrons. The number of hydrogen-bond donors (Lipinski definition) is 1. The number of amides is 2. The molecule has 1 fully saturated rings. The Morgan fingerprint density at radius 3 is 2.10 bits per heavy atom. The molecule has 158 valence electrons. The molecular formula is C21H19ClF3N3O2. The third-order valence-corrected chi connectivity index (χ3v) is 4.86. The number of halogens is 4. The predicted octanol–water partition coefficient (Wildman–Crippen LogP) is 4.20. The van der Waals surface area contributed by atoms with Crippen molar-refractivity contribution in [2.75, 3.05) is 36.4 Å². The molecule has 1 aliphatic rings. The summed E-state index contributed by atoms with van der Waals surface area (Å²) in [6.07, 6.45) is -1.76. The standard InChI is InChI=1S/C21H19ClF3N3O2/c22-16-4-1-15(2-5-16)3-10-19(29)26-17-6-8-18(9-7-17)27-11-13-28(14-12-27)20(30)21(23,24)25/h1-10H,11-14H2,(H,26,29)/b10-3+. The van der Waals surface area contributed by atoms with Crippen molar-refractivity contribution < 1.29 is 22.8 Å². The van der Waals surface area contributed by atoms with Gasteiger partial charge in [0, 0.05) is 48.7 Å². The van der Waals surface area contributed by atoms with E-state index in [0.29, 0.717) is 23.8 Å². The highest BCUT2D eigenvalue weighted by Crippen LogP contribution is 2.23. The summed E-state index contributed by atoms with van der Waals surface area (Å²) in [5.74, 6) is -2.09. The van der Waals surface area contributed by atoms with Crippen LogP contribution < -0.4 is 10.2 Å². The smallest absolute Gasteiger partial charge is 0.368 e. The van der Waals surface area contributed by atoms with Gasteiger partial charge in [0.25, 0.3) is 0 Å². The number of nitrogens with zero attached hydrogens (tertiary/aromatic N) is 2. The van der Waals surface area contributed by atoms with Crippen LogP contribution >= 0.6 is 11.6 Å². The van der Waals surface area contributed by atoms with Gasteiger partial charge in [-0.2, -0.15) is 13.2 Å². The lowest BCUT2D eigenvalue weighted by Gasteiger charge is -2.36. The zero-order valence-corrected chi connectivity index (χ0v) is 16.6. The van der Waals surface area contributed by atoms with Gasteiger partial charge in [-0.1, -0.05) is 23.7 Å². The Labute approximate surface area is 176 Å². The SMILES string of the molecule is O=C(/C=C/c1ccc(Cl)cc1)Nc1ccc(N2CCN(C(=O)C(F)(F)F)CC2)cc1. The first-order valence-electron chi connectivity index (χ1n) is 9.18. The minimum absolute atomic E-state index is 0.00627. The molecule has 0 aromatic heterocycles. The van der Waals surface area contributed by atoms with Crippen molar-refractivity contribution in [1.82, 2.24) is 4.90 Å². The Morgan fingerprint density at radius 1 is 0.933 bits per heavy atom. The number of hydrogen-bond acceptors (Lipinski definition) is 3. The molecule has 0 bridgehead atoms. The van der Waals surface area contributed by atoms with Crippen LogP contribution in [0.15, 0.2) is 54.6 Å². The summed E-state index contributed by atoms with van der Waals surface area (Å²) < 4.78 is 37.6. The monoisotopic (exact) mass is 437 g/mol. The Bertz CT molecular complexity index is 920. The first-order chi connectivity index (χ1) is 14.2. The Morgan fingerprint density at radius 2 is 1.53 bits per heavy atom. The number of nitrogens with one attached hydrogen (secondary N) is 1. The second-order valence-corrected chi connectivity index (χ2v) is 7.13. The molecular weight excluding hydrogens is 419 g/mol. The molecule has 0 unspecified atom stereocenters. The Balaban J connectivity index is 1.52. The van der Waals surface area contributed by atoms with Crippen LogP contribution in [0.4, 0.5) is 24.5 Å². The summed E-state index contributed by atoms with van der Waals surface area (Å²) in [5, 5.41) is 3.36. The quantitative estimate of drug-likeness (QED) is 0.729. The lowest BCUT2D eigenvalue weighted by Crippen LogP contribution is -2.52. The molecule has 1 heterocycles. The van der Waals surface area contributed by atoms with Gasteiger partial charge in [-0.05, 0) is 48.0 Å². The van der Waals surface area contributed by atoms with Crippen LogP contribution in [-0.4, -0.2) is 49.1 Å². The lowest BCUT2D eigenvalue weighted by atomic mass is 10.2. The molecule has 1 saturated heterocycles. The van der Waals surface area contributed by atoms with Gasteiger partial charge in [0.2, 0.25) is 5.91 Å². The highest BCUT2D eigenvalue weighted by atomic mass is 35.5. The van der Waals surface area contributed by atoms with Gasteiger partial charge in [0.05, 0.1) is 0 Å². The van der Waals surface area contributed by atoms with Crippen molar-refractivity contribution in [2.45, 2.75) is 6.18 Å². The van der Waals surface area contributed by atoms with E-state index < -0.39 is 12.1 Å². The molecule has 2 aromatic carbocycles. The molecule has 9 heteroatoms. The van der Waals surface area contributed by atoms with Crippen LogP contribution in [0, 0.1) is 0 Å². The van der Waals surface area contributed by atoms with E-state index in [0.717, 1.165) is 16.2 Å². The summed E-state index contributed by atoms with van der Waals surface area (Å²) in [7, 11) is 0. The molecule has 5 nitrogen and oxygen atoms in total. The molecule has 2 aromatic rings. The predicted molar refractivity (Wildman–Crippen MR) is 110 cm³/mol. The molecule has 2 amide bonds. The minimum Gasteiger partial charge on any atom is -0.368 e. The fourth-order valence-corrected chi connectivity index (χ4v) is 3.16. The maximum atomic E-state index is 12.5. The summed E-state index contributed by atoms with van der Waals surface area (Å²) in [6.45, 7) is 0.618. The van der Waals surface area contributed by atoms with E-state index in [1.165, 1.54) is 6.08 Å². The van der Waals surface area contributed by atoms with Gasteiger partial charge >= 0.3 is 12.1 Å². The van der Waals surface area contributed by atoms with Crippen LogP contribution in [0.5, 0.6) is 0 Å². The van der Waals surface area contributed by atoms with Crippen LogP contribution in [0.25, 0.3) is 6.08 Å². The fraction of sp³-hybridized carbons (Fsp3) is 0.238. The van der Waals surface area contributed by atoms with Crippen LogP contribution in [0.1, 0.15) is 5.56 Å². The summed E-state index contributed by atoms with van der Waals surface area (Å²) >= 11 is 5.82. The molecule has 0 aliphatic carbocycles.